The summed E-state index contributed by atoms with van der Waals surface area (Å²) in [7, 11) is 0. The Morgan fingerprint density at radius 1 is 1.35 bits per heavy atom. The summed E-state index contributed by atoms with van der Waals surface area (Å²) in [5, 5.41) is 0. The van der Waals surface area contributed by atoms with Gasteiger partial charge in [0, 0.05) is 18.1 Å². The molecule has 1 aromatic heterocycles. The van der Waals surface area contributed by atoms with E-state index in [-0.39, 0.29) is 0 Å². The number of aryl methyl sites for hydroxylation is 1. The Labute approximate surface area is 102 Å². The number of benzene rings is 1. The van der Waals surface area contributed by atoms with Gasteiger partial charge in [-0.3, -0.25) is 0 Å². The summed E-state index contributed by atoms with van der Waals surface area (Å²) in [5.41, 5.74) is 3.45. The van der Waals surface area contributed by atoms with Crippen molar-refractivity contribution in [3.8, 4) is 0 Å². The molecule has 2 aromatic rings. The van der Waals surface area contributed by atoms with Crippen LogP contribution in [0.3, 0.4) is 0 Å². The maximum absolute atomic E-state index is 3.99. The topological polar surface area (TPSA) is 17.8 Å². The largest absolute Gasteiger partial charge is 0.307 e. The van der Waals surface area contributed by atoms with Crippen LogP contribution in [-0.2, 0) is 6.42 Å². The number of hydrogen-bond donors (Lipinski definition) is 0. The van der Waals surface area contributed by atoms with Crippen LogP contribution in [0, 0.1) is 0 Å². The maximum Gasteiger partial charge on any atom is 0.0991 e. The Bertz CT molecular complexity index is 504. The second-order valence-corrected chi connectivity index (χ2v) is 3.89. The van der Waals surface area contributed by atoms with Crippen LogP contribution in [0.4, 0.5) is 0 Å². The van der Waals surface area contributed by atoms with Crippen molar-refractivity contribution in [2.75, 3.05) is 0 Å². The fourth-order valence-corrected chi connectivity index (χ4v) is 1.57. The van der Waals surface area contributed by atoms with E-state index in [1.165, 1.54) is 11.1 Å². The monoisotopic (exact) mass is 224 g/mol. The second-order valence-electron chi connectivity index (χ2n) is 3.89. The van der Waals surface area contributed by atoms with Gasteiger partial charge in [0.1, 0.15) is 0 Å². The molecule has 0 spiro atoms. The van der Waals surface area contributed by atoms with Crippen molar-refractivity contribution >= 4 is 11.8 Å². The van der Waals surface area contributed by atoms with E-state index in [1.807, 2.05) is 16.8 Å². The van der Waals surface area contributed by atoms with Crippen LogP contribution in [0.5, 0.6) is 0 Å². The number of hydrogen-bond acceptors (Lipinski definition) is 1. The van der Waals surface area contributed by atoms with Crippen molar-refractivity contribution in [1.82, 2.24) is 9.55 Å². The lowest BCUT2D eigenvalue weighted by atomic mass is 10.1. The van der Waals surface area contributed by atoms with Gasteiger partial charge in [0.25, 0.3) is 0 Å². The lowest BCUT2D eigenvalue weighted by molar-refractivity contribution is 1.11. The highest BCUT2D eigenvalue weighted by Gasteiger charge is 1.92. The summed E-state index contributed by atoms with van der Waals surface area (Å²) in [6, 6.07) is 8.55. The zero-order valence-electron chi connectivity index (χ0n) is 10.0. The van der Waals surface area contributed by atoms with E-state index in [4.69, 9.17) is 0 Å². The van der Waals surface area contributed by atoms with Crippen LogP contribution in [-0.4, -0.2) is 9.55 Å². The highest BCUT2D eigenvalue weighted by atomic mass is 15.0. The Morgan fingerprint density at radius 2 is 2.12 bits per heavy atom. The van der Waals surface area contributed by atoms with Gasteiger partial charge in [-0.2, -0.15) is 0 Å². The molecule has 0 fully saturated rings. The van der Waals surface area contributed by atoms with Gasteiger partial charge in [-0.1, -0.05) is 43.8 Å². The van der Waals surface area contributed by atoms with Crippen molar-refractivity contribution in [2.24, 2.45) is 0 Å². The first-order valence-electron chi connectivity index (χ1n) is 5.74. The second kappa shape index (κ2) is 5.30. The van der Waals surface area contributed by atoms with Crippen molar-refractivity contribution in [1.29, 1.82) is 0 Å². The molecular formula is C15H16N2. The van der Waals surface area contributed by atoms with Crippen LogP contribution in [0.1, 0.15) is 18.1 Å². The molecule has 0 aliphatic rings. The van der Waals surface area contributed by atoms with Gasteiger partial charge in [0.2, 0.25) is 0 Å². The normalized spacial score (nSPS) is 10.9. The first kappa shape index (κ1) is 11.4. The minimum atomic E-state index is 0.905. The van der Waals surface area contributed by atoms with E-state index in [1.54, 1.807) is 12.5 Å². The van der Waals surface area contributed by atoms with E-state index < -0.39 is 0 Å². The predicted molar refractivity (Wildman–Crippen MR) is 72.4 cm³/mol. The predicted octanol–water partition coefficient (Wildman–Crippen LogP) is 3.63. The van der Waals surface area contributed by atoms with Gasteiger partial charge in [-0.15, -0.1) is 0 Å². The lowest BCUT2D eigenvalue weighted by Crippen LogP contribution is -1.87. The third-order valence-electron chi connectivity index (χ3n) is 2.69. The van der Waals surface area contributed by atoms with Crippen LogP contribution >= 0.6 is 0 Å². The first-order valence-corrected chi connectivity index (χ1v) is 5.74. The molecule has 0 N–H and O–H groups in total. The van der Waals surface area contributed by atoms with Crippen molar-refractivity contribution in [2.45, 2.75) is 13.3 Å². The molecule has 17 heavy (non-hydrogen) atoms. The van der Waals surface area contributed by atoms with Crippen LogP contribution in [0.2, 0.25) is 0 Å². The third-order valence-corrected chi connectivity index (χ3v) is 2.69. The molecule has 1 heterocycles. The quantitative estimate of drug-likeness (QED) is 0.725. The molecule has 0 atom stereocenters. The smallest absolute Gasteiger partial charge is 0.0991 e. The molecule has 0 radical (unpaired) electrons. The minimum absolute atomic E-state index is 0.905. The molecule has 2 rings (SSSR count). The molecular weight excluding hydrogens is 208 g/mol. The molecule has 0 unspecified atom stereocenters. The molecule has 0 saturated carbocycles. The minimum Gasteiger partial charge on any atom is -0.307 e. The summed E-state index contributed by atoms with van der Waals surface area (Å²) in [5.74, 6) is 0. The summed E-state index contributed by atoms with van der Waals surface area (Å²) in [6.45, 7) is 6.14. The maximum atomic E-state index is 3.99. The molecule has 2 nitrogen and oxygen atoms in total. The van der Waals surface area contributed by atoms with Crippen molar-refractivity contribution in [3.63, 3.8) is 0 Å². The molecule has 0 amide bonds. The first-order chi connectivity index (χ1) is 8.29. The molecule has 2 heteroatoms. The standard InChI is InChI=1S/C15H16N2/c1-3-14-6-8-15(9-7-14)5-4-13(2)17-11-10-16-12-17/h4-12H,2-3H2,1H3/b5-4+. The van der Waals surface area contributed by atoms with E-state index >= 15 is 0 Å². The third kappa shape index (κ3) is 2.94. The summed E-state index contributed by atoms with van der Waals surface area (Å²) in [4.78, 5) is 3.99. The lowest BCUT2D eigenvalue weighted by Gasteiger charge is -2.00. The molecule has 86 valence electrons. The Morgan fingerprint density at radius 3 is 2.71 bits per heavy atom. The Kier molecular flexibility index (Phi) is 3.55. The highest BCUT2D eigenvalue weighted by molar-refractivity contribution is 5.65. The molecule has 1 aromatic carbocycles. The van der Waals surface area contributed by atoms with Crippen molar-refractivity contribution in [3.05, 3.63) is 66.8 Å². The summed E-state index contributed by atoms with van der Waals surface area (Å²) >= 11 is 0. The van der Waals surface area contributed by atoms with Gasteiger partial charge in [0.15, 0.2) is 0 Å². The van der Waals surface area contributed by atoms with Crippen molar-refractivity contribution < 1.29 is 0 Å². The van der Waals surface area contributed by atoms with Crippen LogP contribution in [0.15, 0.2) is 55.6 Å². The zero-order valence-corrected chi connectivity index (χ0v) is 10.0. The molecule has 0 saturated heterocycles. The SMILES string of the molecule is C=C(/C=C/c1ccc(CC)cc1)n1ccnc1. The fourth-order valence-electron chi connectivity index (χ4n) is 1.57. The fraction of sp³-hybridized carbons (Fsp3) is 0.133. The van der Waals surface area contributed by atoms with E-state index in [0.29, 0.717) is 0 Å². The Balaban J connectivity index is 2.07. The number of imidazole rings is 1. The number of aromatic nitrogens is 2. The van der Waals surface area contributed by atoms with Gasteiger partial charge < -0.3 is 4.57 Å². The number of rotatable bonds is 4. The Hall–Kier alpha value is -2.09. The number of allylic oxidation sites excluding steroid dienone is 2. The van der Waals surface area contributed by atoms with Crippen LogP contribution < -0.4 is 0 Å². The average Bonchev–Trinajstić information content (AvgIpc) is 2.90. The van der Waals surface area contributed by atoms with Gasteiger partial charge in [-0.05, 0) is 23.6 Å². The van der Waals surface area contributed by atoms with Gasteiger partial charge in [-0.25, -0.2) is 4.98 Å². The number of nitrogens with zero attached hydrogens (tertiary/aromatic N) is 2. The molecule has 0 aliphatic heterocycles. The molecule has 0 aliphatic carbocycles. The highest BCUT2D eigenvalue weighted by Crippen LogP contribution is 2.09. The van der Waals surface area contributed by atoms with Gasteiger partial charge in [0.05, 0.1) is 6.33 Å². The van der Waals surface area contributed by atoms with E-state index in [9.17, 15) is 0 Å². The van der Waals surface area contributed by atoms with Gasteiger partial charge >= 0.3 is 0 Å². The van der Waals surface area contributed by atoms with E-state index in [0.717, 1.165) is 12.1 Å². The summed E-state index contributed by atoms with van der Waals surface area (Å²) in [6.07, 6.45) is 10.5. The van der Waals surface area contributed by atoms with E-state index in [2.05, 4.69) is 48.8 Å². The zero-order chi connectivity index (χ0) is 12.1. The molecule has 0 bridgehead atoms. The summed E-state index contributed by atoms with van der Waals surface area (Å²) < 4.78 is 1.89. The average molecular weight is 224 g/mol. The van der Waals surface area contributed by atoms with Crippen LogP contribution in [0.25, 0.3) is 11.8 Å².